The van der Waals surface area contributed by atoms with E-state index in [-0.39, 0.29) is 11.6 Å². The van der Waals surface area contributed by atoms with Gasteiger partial charge in [-0.05, 0) is 78.7 Å². The van der Waals surface area contributed by atoms with E-state index < -0.39 is 17.1 Å². The van der Waals surface area contributed by atoms with Gasteiger partial charge < -0.3 is 16.0 Å². The van der Waals surface area contributed by atoms with E-state index in [2.05, 4.69) is 31.9 Å². The maximum Gasteiger partial charge on any atom is 0.272 e. The second-order valence-electron chi connectivity index (χ2n) is 9.04. The van der Waals surface area contributed by atoms with E-state index in [0.29, 0.717) is 33.4 Å². The third-order valence-electron chi connectivity index (χ3n) is 5.93. The number of carbonyl (C=O) groups is 3. The van der Waals surface area contributed by atoms with Crippen LogP contribution >= 0.6 is 50.9 Å². The third kappa shape index (κ3) is 8.97. The number of halogens is 3. The van der Waals surface area contributed by atoms with Crippen LogP contribution in [-0.4, -0.2) is 23.0 Å². The van der Waals surface area contributed by atoms with Gasteiger partial charge in [-0.3, -0.25) is 14.4 Å². The van der Waals surface area contributed by atoms with E-state index in [1.54, 1.807) is 66.7 Å². The van der Waals surface area contributed by atoms with E-state index in [4.69, 9.17) is 23.2 Å². The van der Waals surface area contributed by atoms with Crippen molar-refractivity contribution in [1.29, 1.82) is 0 Å². The molecular formula is C32H26BrCl2N3O3S. The highest BCUT2D eigenvalue weighted by Crippen LogP contribution is 2.31. The Labute approximate surface area is 267 Å². The summed E-state index contributed by atoms with van der Waals surface area (Å²) in [5, 5.41) is 8.88. The Hall–Kier alpha value is -3.56. The van der Waals surface area contributed by atoms with Crippen molar-refractivity contribution in [2.24, 2.45) is 0 Å². The van der Waals surface area contributed by atoms with Crippen LogP contribution in [0.5, 0.6) is 0 Å². The molecular weight excluding hydrogens is 657 g/mol. The molecule has 0 aromatic heterocycles. The van der Waals surface area contributed by atoms with Gasteiger partial charge in [-0.2, -0.15) is 0 Å². The molecule has 4 aromatic rings. The molecule has 4 aromatic carbocycles. The summed E-state index contributed by atoms with van der Waals surface area (Å²) >= 11 is 17.0. The molecule has 0 saturated carbocycles. The summed E-state index contributed by atoms with van der Waals surface area (Å²) < 4.78 is 0.892. The van der Waals surface area contributed by atoms with Crippen LogP contribution < -0.4 is 16.0 Å². The topological polar surface area (TPSA) is 87.3 Å². The minimum absolute atomic E-state index is 0.0773. The number of hydrogen-bond acceptors (Lipinski definition) is 4. The number of thioether (sulfide) groups is 1. The van der Waals surface area contributed by atoms with Gasteiger partial charge in [-0.25, -0.2) is 0 Å². The minimum Gasteiger partial charge on any atom is -0.324 e. The Morgan fingerprint density at radius 3 is 2.33 bits per heavy atom. The fourth-order valence-electron chi connectivity index (χ4n) is 3.81. The van der Waals surface area contributed by atoms with E-state index in [9.17, 15) is 14.4 Å². The molecule has 10 heteroatoms. The first kappa shape index (κ1) is 31.4. The van der Waals surface area contributed by atoms with E-state index >= 15 is 0 Å². The Balaban J connectivity index is 1.50. The highest BCUT2D eigenvalue weighted by atomic mass is 79.9. The maximum atomic E-state index is 13.4. The molecule has 214 valence electrons. The molecule has 6 nitrogen and oxygen atoms in total. The summed E-state index contributed by atoms with van der Waals surface area (Å²) in [6.07, 6.45) is 2.16. The van der Waals surface area contributed by atoms with Crippen molar-refractivity contribution in [3.05, 3.63) is 128 Å². The molecule has 4 rings (SSSR count). The number of hydrogen-bond donors (Lipinski definition) is 3. The van der Waals surface area contributed by atoms with Gasteiger partial charge in [0.15, 0.2) is 0 Å². The first-order chi connectivity index (χ1) is 20.2. The monoisotopic (exact) mass is 681 g/mol. The second-order valence-corrected chi connectivity index (χ2v) is 12.1. The van der Waals surface area contributed by atoms with E-state index in [1.807, 2.05) is 43.3 Å². The van der Waals surface area contributed by atoms with Crippen LogP contribution in [0.25, 0.3) is 6.08 Å². The molecule has 0 bridgehead atoms. The zero-order valence-corrected chi connectivity index (χ0v) is 26.3. The lowest BCUT2D eigenvalue weighted by Crippen LogP contribution is -2.30. The Morgan fingerprint density at radius 1 is 0.881 bits per heavy atom. The van der Waals surface area contributed by atoms with Gasteiger partial charge in [0.1, 0.15) is 5.70 Å². The number of carbonyl (C=O) groups excluding carboxylic acids is 3. The number of anilines is 2. The lowest BCUT2D eigenvalue weighted by atomic mass is 10.1. The second kappa shape index (κ2) is 15.1. The number of benzene rings is 4. The zero-order chi connectivity index (χ0) is 30.1. The Morgan fingerprint density at radius 2 is 1.62 bits per heavy atom. The molecule has 0 aliphatic carbocycles. The van der Waals surface area contributed by atoms with Crippen molar-refractivity contribution in [3.63, 3.8) is 0 Å². The maximum absolute atomic E-state index is 13.4. The van der Waals surface area contributed by atoms with Gasteiger partial charge in [0.05, 0.1) is 16.0 Å². The van der Waals surface area contributed by atoms with Crippen molar-refractivity contribution in [1.82, 2.24) is 5.32 Å². The van der Waals surface area contributed by atoms with Crippen LogP contribution in [0.2, 0.25) is 10.0 Å². The third-order valence-corrected chi connectivity index (χ3v) is 8.38. The van der Waals surface area contributed by atoms with Gasteiger partial charge in [-0.15, -0.1) is 11.8 Å². The number of amides is 3. The van der Waals surface area contributed by atoms with Crippen molar-refractivity contribution < 1.29 is 14.4 Å². The average molecular weight is 683 g/mol. The van der Waals surface area contributed by atoms with E-state index in [0.717, 1.165) is 14.9 Å². The van der Waals surface area contributed by atoms with Gasteiger partial charge in [0.25, 0.3) is 11.8 Å². The van der Waals surface area contributed by atoms with Gasteiger partial charge in [-0.1, -0.05) is 82.5 Å². The van der Waals surface area contributed by atoms with Crippen LogP contribution in [0.3, 0.4) is 0 Å². The highest BCUT2D eigenvalue weighted by molar-refractivity contribution is 9.10. The SMILES string of the molecule is CCC(Sc1cccc(NC(=O)/C(=C\c2ccc(Br)cc2)NC(=O)c2ccccc2)c1)C(=O)Nc1cc(Cl)ccc1Cl. The molecule has 0 aliphatic heterocycles. The minimum atomic E-state index is -0.496. The van der Waals surface area contributed by atoms with Crippen molar-refractivity contribution in [2.45, 2.75) is 23.5 Å². The average Bonchev–Trinajstić information content (AvgIpc) is 2.99. The van der Waals surface area contributed by atoms with Crippen LogP contribution in [0, 0.1) is 0 Å². The molecule has 0 spiro atoms. The van der Waals surface area contributed by atoms with Crippen LogP contribution in [0.1, 0.15) is 29.3 Å². The molecule has 0 radical (unpaired) electrons. The zero-order valence-electron chi connectivity index (χ0n) is 22.4. The predicted octanol–water partition coefficient (Wildman–Crippen LogP) is 8.67. The molecule has 3 N–H and O–H groups in total. The molecule has 1 atom stereocenters. The van der Waals surface area contributed by atoms with Gasteiger partial charge in [0, 0.05) is 25.6 Å². The Bertz CT molecular complexity index is 1620. The molecule has 0 saturated heterocycles. The lowest BCUT2D eigenvalue weighted by molar-refractivity contribution is -0.116. The van der Waals surface area contributed by atoms with Crippen molar-refractivity contribution >= 4 is 86.1 Å². The van der Waals surface area contributed by atoms with Gasteiger partial charge >= 0.3 is 0 Å². The molecule has 1 unspecified atom stereocenters. The number of rotatable bonds is 10. The summed E-state index contributed by atoms with van der Waals surface area (Å²) in [5.41, 5.74) is 2.19. The van der Waals surface area contributed by atoms with Crippen molar-refractivity contribution in [3.8, 4) is 0 Å². The first-order valence-electron chi connectivity index (χ1n) is 12.9. The first-order valence-corrected chi connectivity index (χ1v) is 15.3. The van der Waals surface area contributed by atoms with Gasteiger partial charge in [0.2, 0.25) is 5.91 Å². The summed E-state index contributed by atoms with van der Waals surface area (Å²) in [6, 6.07) is 28.1. The lowest BCUT2D eigenvalue weighted by Gasteiger charge is -2.16. The molecule has 42 heavy (non-hydrogen) atoms. The van der Waals surface area contributed by atoms with Crippen LogP contribution in [0.4, 0.5) is 11.4 Å². The largest absolute Gasteiger partial charge is 0.324 e. The summed E-state index contributed by atoms with van der Waals surface area (Å²) in [7, 11) is 0. The predicted molar refractivity (Wildman–Crippen MR) is 176 cm³/mol. The smallest absolute Gasteiger partial charge is 0.272 e. The highest BCUT2D eigenvalue weighted by Gasteiger charge is 2.20. The quantitative estimate of drug-likeness (QED) is 0.115. The summed E-state index contributed by atoms with van der Waals surface area (Å²) in [4.78, 5) is 40.1. The standard InChI is InChI=1S/C32H26BrCl2N3O3S/c1-2-29(32(41)37-27-18-23(34)15-16-26(27)35)42-25-10-6-9-24(19-25)36-31(40)28(17-20-11-13-22(33)14-12-20)38-30(39)21-7-4-3-5-8-21/h3-19,29H,2H2,1H3,(H,36,40)(H,37,41)(H,38,39)/b28-17+. The fraction of sp³-hybridized carbons (Fsp3) is 0.0938. The number of nitrogens with one attached hydrogen (secondary N) is 3. The van der Waals surface area contributed by atoms with Crippen LogP contribution in [0.15, 0.2) is 112 Å². The molecule has 0 aliphatic rings. The molecule has 3 amide bonds. The molecule has 0 fully saturated rings. The molecule has 0 heterocycles. The van der Waals surface area contributed by atoms with E-state index in [1.165, 1.54) is 11.8 Å². The van der Waals surface area contributed by atoms with Crippen molar-refractivity contribution in [2.75, 3.05) is 10.6 Å². The fourth-order valence-corrected chi connectivity index (χ4v) is 5.42. The van der Waals surface area contributed by atoms with Crippen LogP contribution in [-0.2, 0) is 9.59 Å². The summed E-state index contributed by atoms with van der Waals surface area (Å²) in [5.74, 6) is -1.12. The normalized spacial score (nSPS) is 11.9. The summed E-state index contributed by atoms with van der Waals surface area (Å²) in [6.45, 7) is 1.91. The Kier molecular flexibility index (Phi) is 11.3.